The molecule has 1 heterocycles. The average Bonchev–Trinajstić information content (AvgIpc) is 3.05. The molecule has 1 fully saturated rings. The first-order valence-corrected chi connectivity index (χ1v) is 6.70. The van der Waals surface area contributed by atoms with E-state index in [1.807, 2.05) is 0 Å². The summed E-state index contributed by atoms with van der Waals surface area (Å²) in [6, 6.07) is 1.45. The quantitative estimate of drug-likeness (QED) is 0.580. The van der Waals surface area contributed by atoms with Crippen molar-refractivity contribution < 1.29 is 22.0 Å². The number of rotatable bonds is 2. The number of hydrogen-bond donors (Lipinski definition) is 0. The SMILES string of the molecule is CC(Cl)c1nc2c(F)cc(F)cc2n1C1(C(F)(F)F)CC1. The minimum Gasteiger partial charge on any atom is -0.311 e. The molecule has 1 aliphatic rings. The van der Waals surface area contributed by atoms with E-state index in [2.05, 4.69) is 4.98 Å². The van der Waals surface area contributed by atoms with E-state index < -0.39 is 28.7 Å². The first-order chi connectivity index (χ1) is 9.67. The Morgan fingerprint density at radius 2 is 1.90 bits per heavy atom. The maximum absolute atomic E-state index is 13.8. The van der Waals surface area contributed by atoms with Crippen LogP contribution in [0.5, 0.6) is 0 Å². The van der Waals surface area contributed by atoms with Crippen LogP contribution in [0.3, 0.4) is 0 Å². The molecular formula is C13H10ClF5N2. The van der Waals surface area contributed by atoms with Gasteiger partial charge in [0.2, 0.25) is 0 Å². The summed E-state index contributed by atoms with van der Waals surface area (Å²) in [5, 5.41) is -0.861. The second-order valence-corrected chi connectivity index (χ2v) is 5.86. The minimum absolute atomic E-state index is 0.106. The van der Waals surface area contributed by atoms with Gasteiger partial charge in [0.1, 0.15) is 22.7 Å². The number of alkyl halides is 4. The van der Waals surface area contributed by atoms with Crippen molar-refractivity contribution in [2.45, 2.75) is 36.9 Å². The fraction of sp³-hybridized carbons (Fsp3) is 0.462. The average molecular weight is 325 g/mol. The van der Waals surface area contributed by atoms with E-state index in [0.29, 0.717) is 6.07 Å². The van der Waals surface area contributed by atoms with Gasteiger partial charge in [-0.25, -0.2) is 13.8 Å². The molecular weight excluding hydrogens is 315 g/mol. The zero-order chi connectivity index (χ0) is 15.6. The molecule has 0 saturated heterocycles. The lowest BCUT2D eigenvalue weighted by molar-refractivity contribution is -0.179. The van der Waals surface area contributed by atoms with Crippen LogP contribution >= 0.6 is 11.6 Å². The Morgan fingerprint density at radius 3 is 2.38 bits per heavy atom. The molecule has 3 rings (SSSR count). The predicted molar refractivity (Wildman–Crippen MR) is 67.2 cm³/mol. The summed E-state index contributed by atoms with van der Waals surface area (Å²) in [4.78, 5) is 3.86. The zero-order valence-corrected chi connectivity index (χ0v) is 11.6. The summed E-state index contributed by atoms with van der Waals surface area (Å²) in [5.41, 5.74) is -2.68. The molecule has 21 heavy (non-hydrogen) atoms. The van der Waals surface area contributed by atoms with Crippen LogP contribution in [0.15, 0.2) is 12.1 Å². The zero-order valence-electron chi connectivity index (χ0n) is 10.8. The van der Waals surface area contributed by atoms with Crippen molar-refractivity contribution >= 4 is 22.6 Å². The maximum atomic E-state index is 13.8. The van der Waals surface area contributed by atoms with Gasteiger partial charge in [0, 0.05) is 12.1 Å². The molecule has 1 atom stereocenters. The molecule has 1 aromatic heterocycles. The van der Waals surface area contributed by atoms with Gasteiger partial charge in [0.15, 0.2) is 5.82 Å². The lowest BCUT2D eigenvalue weighted by Crippen LogP contribution is -2.36. The minimum atomic E-state index is -4.54. The molecule has 0 bridgehead atoms. The molecule has 1 aliphatic carbocycles. The third-order valence-electron chi connectivity index (χ3n) is 3.74. The number of nitrogens with zero attached hydrogens (tertiary/aromatic N) is 2. The second kappa shape index (κ2) is 4.32. The molecule has 2 nitrogen and oxygen atoms in total. The Hall–Kier alpha value is -1.37. The number of halogens is 6. The van der Waals surface area contributed by atoms with Crippen LogP contribution in [0.4, 0.5) is 22.0 Å². The van der Waals surface area contributed by atoms with E-state index in [1.54, 1.807) is 0 Å². The summed E-state index contributed by atoms with van der Waals surface area (Å²) in [5.74, 6) is -2.06. The lowest BCUT2D eigenvalue weighted by Gasteiger charge is -2.24. The van der Waals surface area contributed by atoms with Crippen LogP contribution in [-0.2, 0) is 5.54 Å². The highest BCUT2D eigenvalue weighted by Gasteiger charge is 2.66. The maximum Gasteiger partial charge on any atom is 0.412 e. The van der Waals surface area contributed by atoms with Crippen LogP contribution in [0.1, 0.15) is 31.0 Å². The van der Waals surface area contributed by atoms with Crippen LogP contribution < -0.4 is 0 Å². The molecule has 0 aliphatic heterocycles. The number of imidazole rings is 1. The van der Waals surface area contributed by atoms with Crippen LogP contribution in [0.25, 0.3) is 11.0 Å². The Morgan fingerprint density at radius 1 is 1.29 bits per heavy atom. The van der Waals surface area contributed by atoms with Gasteiger partial charge in [-0.05, 0) is 19.8 Å². The lowest BCUT2D eigenvalue weighted by atomic mass is 10.2. The van der Waals surface area contributed by atoms with Gasteiger partial charge in [-0.2, -0.15) is 13.2 Å². The fourth-order valence-corrected chi connectivity index (χ4v) is 2.74. The topological polar surface area (TPSA) is 17.8 Å². The smallest absolute Gasteiger partial charge is 0.311 e. The highest BCUT2D eigenvalue weighted by atomic mass is 35.5. The Balaban J connectivity index is 2.38. The molecule has 0 N–H and O–H groups in total. The summed E-state index contributed by atoms with van der Waals surface area (Å²) in [7, 11) is 0. The molecule has 1 aromatic carbocycles. The number of benzene rings is 1. The predicted octanol–water partition coefficient (Wildman–Crippen LogP) is 4.67. The molecule has 8 heteroatoms. The van der Waals surface area contributed by atoms with Gasteiger partial charge in [0.05, 0.1) is 10.9 Å². The van der Waals surface area contributed by atoms with Crippen LogP contribution in [0.2, 0.25) is 0 Å². The largest absolute Gasteiger partial charge is 0.412 e. The van der Waals surface area contributed by atoms with Crippen LogP contribution in [0, 0.1) is 11.6 Å². The van der Waals surface area contributed by atoms with E-state index in [9.17, 15) is 22.0 Å². The van der Waals surface area contributed by atoms with E-state index in [-0.39, 0.29) is 29.7 Å². The van der Waals surface area contributed by atoms with Gasteiger partial charge >= 0.3 is 6.18 Å². The first-order valence-electron chi connectivity index (χ1n) is 6.26. The fourth-order valence-electron chi connectivity index (χ4n) is 2.59. The third-order valence-corrected chi connectivity index (χ3v) is 3.93. The first kappa shape index (κ1) is 14.6. The molecule has 1 saturated carbocycles. The Bertz CT molecular complexity index is 715. The standard InChI is InChI=1S/C13H10ClF5N2/c1-6(14)11-20-10-8(16)4-7(15)5-9(10)21(11)12(2-3-12)13(17,18)19/h4-6H,2-3H2,1H3. The summed E-state index contributed by atoms with van der Waals surface area (Å²) in [6.45, 7) is 1.44. The van der Waals surface area contributed by atoms with Crippen molar-refractivity contribution in [3.8, 4) is 0 Å². The van der Waals surface area contributed by atoms with E-state index >= 15 is 0 Å². The van der Waals surface area contributed by atoms with Crippen molar-refractivity contribution in [2.75, 3.05) is 0 Å². The van der Waals surface area contributed by atoms with Gasteiger partial charge in [-0.15, -0.1) is 11.6 Å². The molecule has 2 aromatic rings. The molecule has 0 amide bonds. The summed E-state index contributed by atoms with van der Waals surface area (Å²) >= 11 is 5.89. The highest BCUT2D eigenvalue weighted by Crippen LogP contribution is 2.57. The Labute approximate surface area is 121 Å². The normalized spacial score (nSPS) is 19.0. The van der Waals surface area contributed by atoms with Gasteiger partial charge in [-0.1, -0.05) is 0 Å². The number of fused-ring (bicyclic) bond motifs is 1. The summed E-state index contributed by atoms with van der Waals surface area (Å²) < 4.78 is 68.1. The van der Waals surface area contributed by atoms with E-state index in [1.165, 1.54) is 6.92 Å². The molecule has 0 spiro atoms. The Kier molecular flexibility index (Phi) is 2.99. The molecule has 0 radical (unpaired) electrons. The van der Waals surface area contributed by atoms with Gasteiger partial charge < -0.3 is 4.57 Å². The molecule has 114 valence electrons. The van der Waals surface area contributed by atoms with Crippen LogP contribution in [-0.4, -0.2) is 15.7 Å². The highest BCUT2D eigenvalue weighted by molar-refractivity contribution is 6.20. The number of aromatic nitrogens is 2. The molecule has 1 unspecified atom stereocenters. The summed E-state index contributed by atoms with van der Waals surface area (Å²) in [6.07, 6.45) is -4.85. The van der Waals surface area contributed by atoms with E-state index in [4.69, 9.17) is 11.6 Å². The van der Waals surface area contributed by atoms with Crippen molar-refractivity contribution in [1.82, 2.24) is 9.55 Å². The van der Waals surface area contributed by atoms with Crippen molar-refractivity contribution in [1.29, 1.82) is 0 Å². The van der Waals surface area contributed by atoms with Crippen molar-refractivity contribution in [3.05, 3.63) is 29.6 Å². The second-order valence-electron chi connectivity index (χ2n) is 5.21. The monoisotopic (exact) mass is 324 g/mol. The third kappa shape index (κ3) is 2.01. The number of hydrogen-bond acceptors (Lipinski definition) is 1. The van der Waals surface area contributed by atoms with Crippen molar-refractivity contribution in [2.24, 2.45) is 0 Å². The van der Waals surface area contributed by atoms with E-state index in [0.717, 1.165) is 10.6 Å². The van der Waals surface area contributed by atoms with Gasteiger partial charge in [0.25, 0.3) is 0 Å². The van der Waals surface area contributed by atoms with Gasteiger partial charge in [-0.3, -0.25) is 0 Å². The van der Waals surface area contributed by atoms with Crippen molar-refractivity contribution in [3.63, 3.8) is 0 Å².